The van der Waals surface area contributed by atoms with E-state index in [4.69, 9.17) is 18.6 Å². The van der Waals surface area contributed by atoms with Crippen LogP contribution in [0.3, 0.4) is 0 Å². The van der Waals surface area contributed by atoms with Gasteiger partial charge in [0.05, 0.1) is 19.8 Å². The molecule has 0 aliphatic rings. The summed E-state index contributed by atoms with van der Waals surface area (Å²) in [5.41, 5.74) is 0.690. The highest BCUT2D eigenvalue weighted by Crippen LogP contribution is 2.33. The standard InChI is InChI=1S/C22H16O6S/c1-25-14-7-8-18(26-2)16(11-14)17-10-13-5-6-15(12-19(13)28-21(17)23)27-22(24)20-4-3-9-29-20/h3-12H,1-2H3. The van der Waals surface area contributed by atoms with Crippen LogP contribution in [0.4, 0.5) is 0 Å². The summed E-state index contributed by atoms with van der Waals surface area (Å²) in [6, 6.07) is 15.3. The van der Waals surface area contributed by atoms with E-state index in [1.807, 2.05) is 0 Å². The third kappa shape index (κ3) is 3.72. The number of rotatable bonds is 5. The van der Waals surface area contributed by atoms with Gasteiger partial charge in [0.15, 0.2) is 0 Å². The van der Waals surface area contributed by atoms with Gasteiger partial charge in [0.1, 0.15) is 27.7 Å². The van der Waals surface area contributed by atoms with Crippen LogP contribution in [0.15, 0.2) is 69.2 Å². The topological polar surface area (TPSA) is 75.0 Å². The molecule has 0 spiro atoms. The molecule has 146 valence electrons. The van der Waals surface area contributed by atoms with Crippen molar-refractivity contribution < 1.29 is 23.4 Å². The van der Waals surface area contributed by atoms with Crippen molar-refractivity contribution in [3.05, 3.63) is 75.3 Å². The minimum atomic E-state index is -0.536. The van der Waals surface area contributed by atoms with Gasteiger partial charge in [-0.25, -0.2) is 9.59 Å². The second-order valence-electron chi connectivity index (χ2n) is 6.08. The van der Waals surface area contributed by atoms with E-state index in [-0.39, 0.29) is 0 Å². The molecule has 0 radical (unpaired) electrons. The molecule has 7 heteroatoms. The molecule has 0 saturated carbocycles. The molecule has 0 bridgehead atoms. The molecule has 29 heavy (non-hydrogen) atoms. The Morgan fingerprint density at radius 3 is 2.48 bits per heavy atom. The fraction of sp³-hybridized carbons (Fsp3) is 0.0909. The average molecular weight is 408 g/mol. The second-order valence-corrected chi connectivity index (χ2v) is 7.03. The van der Waals surface area contributed by atoms with Gasteiger partial charge in [-0.1, -0.05) is 6.07 Å². The minimum absolute atomic E-state index is 0.297. The molecular weight excluding hydrogens is 392 g/mol. The van der Waals surface area contributed by atoms with Crippen LogP contribution in [0.5, 0.6) is 17.2 Å². The van der Waals surface area contributed by atoms with Crippen LogP contribution in [0.2, 0.25) is 0 Å². The first kappa shape index (κ1) is 18.8. The zero-order valence-electron chi connectivity index (χ0n) is 15.6. The van der Waals surface area contributed by atoms with E-state index in [1.165, 1.54) is 24.5 Å². The normalized spacial score (nSPS) is 10.7. The summed E-state index contributed by atoms with van der Waals surface area (Å²) in [5, 5.41) is 2.48. The molecule has 0 amide bonds. The first-order valence-electron chi connectivity index (χ1n) is 8.65. The number of esters is 1. The molecule has 2 aromatic carbocycles. The summed E-state index contributed by atoms with van der Waals surface area (Å²) >= 11 is 1.29. The third-order valence-corrected chi connectivity index (χ3v) is 5.19. The van der Waals surface area contributed by atoms with Crippen molar-refractivity contribution >= 4 is 28.3 Å². The maximum atomic E-state index is 12.7. The minimum Gasteiger partial charge on any atom is -0.497 e. The average Bonchev–Trinajstić information content (AvgIpc) is 3.28. The molecule has 2 heterocycles. The summed E-state index contributed by atoms with van der Waals surface area (Å²) in [6.07, 6.45) is 0. The van der Waals surface area contributed by atoms with Crippen molar-refractivity contribution in [3.63, 3.8) is 0 Å². The highest BCUT2D eigenvalue weighted by Gasteiger charge is 2.15. The summed E-state index contributed by atoms with van der Waals surface area (Å²) in [7, 11) is 3.08. The predicted molar refractivity (Wildman–Crippen MR) is 110 cm³/mol. The van der Waals surface area contributed by atoms with Crippen LogP contribution >= 0.6 is 11.3 Å². The van der Waals surface area contributed by atoms with Gasteiger partial charge in [-0.2, -0.15) is 0 Å². The molecule has 6 nitrogen and oxygen atoms in total. The number of fused-ring (bicyclic) bond motifs is 1. The Hall–Kier alpha value is -3.58. The van der Waals surface area contributed by atoms with Gasteiger partial charge in [0, 0.05) is 17.0 Å². The van der Waals surface area contributed by atoms with Gasteiger partial charge in [-0.15, -0.1) is 11.3 Å². The molecule has 4 rings (SSSR count). The Labute approximate surface area is 169 Å². The van der Waals surface area contributed by atoms with Gasteiger partial charge in [0.2, 0.25) is 0 Å². The van der Waals surface area contributed by atoms with Crippen LogP contribution in [0.1, 0.15) is 9.67 Å². The van der Waals surface area contributed by atoms with Gasteiger partial charge in [-0.05, 0) is 47.8 Å². The first-order chi connectivity index (χ1) is 14.1. The molecule has 0 atom stereocenters. The van der Waals surface area contributed by atoms with Gasteiger partial charge < -0.3 is 18.6 Å². The quantitative estimate of drug-likeness (QED) is 0.269. The number of methoxy groups -OCH3 is 2. The van der Waals surface area contributed by atoms with Crippen molar-refractivity contribution in [1.29, 1.82) is 0 Å². The maximum Gasteiger partial charge on any atom is 0.353 e. The lowest BCUT2D eigenvalue weighted by Crippen LogP contribution is -2.07. The molecule has 2 aromatic heterocycles. The highest BCUT2D eigenvalue weighted by atomic mass is 32.1. The van der Waals surface area contributed by atoms with E-state index in [9.17, 15) is 9.59 Å². The second kappa shape index (κ2) is 7.81. The number of thiophene rings is 1. The Morgan fingerprint density at radius 1 is 0.931 bits per heavy atom. The van der Waals surface area contributed by atoms with Crippen molar-refractivity contribution in [2.45, 2.75) is 0 Å². The summed E-state index contributed by atoms with van der Waals surface area (Å²) in [4.78, 5) is 25.3. The number of carbonyl (C=O) groups is 1. The smallest absolute Gasteiger partial charge is 0.353 e. The Balaban J connectivity index is 1.73. The lowest BCUT2D eigenvalue weighted by atomic mass is 10.0. The van der Waals surface area contributed by atoms with E-state index in [1.54, 1.807) is 61.0 Å². The van der Waals surface area contributed by atoms with Crippen LogP contribution in [0.25, 0.3) is 22.1 Å². The lowest BCUT2D eigenvalue weighted by molar-refractivity contribution is 0.0740. The third-order valence-electron chi connectivity index (χ3n) is 4.34. The molecule has 0 fully saturated rings. The summed E-state index contributed by atoms with van der Waals surface area (Å²) in [5.74, 6) is 0.959. The molecule has 0 saturated heterocycles. The Morgan fingerprint density at radius 2 is 1.76 bits per heavy atom. The number of hydrogen-bond acceptors (Lipinski definition) is 7. The van der Waals surface area contributed by atoms with Crippen molar-refractivity contribution in [1.82, 2.24) is 0 Å². The molecule has 0 aliphatic heterocycles. The molecule has 0 aliphatic carbocycles. The SMILES string of the molecule is COc1ccc(OC)c(-c2cc3ccc(OC(=O)c4cccs4)cc3oc2=O)c1. The van der Waals surface area contributed by atoms with Crippen LogP contribution in [0, 0.1) is 0 Å². The van der Waals surface area contributed by atoms with E-state index in [2.05, 4.69) is 0 Å². The van der Waals surface area contributed by atoms with Crippen molar-refractivity contribution in [3.8, 4) is 28.4 Å². The number of ether oxygens (including phenoxy) is 3. The summed E-state index contributed by atoms with van der Waals surface area (Å²) < 4.78 is 21.5. The van der Waals surface area contributed by atoms with E-state index in [0.717, 1.165) is 0 Å². The van der Waals surface area contributed by atoms with E-state index >= 15 is 0 Å². The van der Waals surface area contributed by atoms with Crippen LogP contribution in [-0.2, 0) is 0 Å². The monoisotopic (exact) mass is 408 g/mol. The lowest BCUT2D eigenvalue weighted by Gasteiger charge is -2.10. The van der Waals surface area contributed by atoms with Crippen molar-refractivity contribution in [2.24, 2.45) is 0 Å². The van der Waals surface area contributed by atoms with Gasteiger partial charge in [-0.3, -0.25) is 0 Å². The van der Waals surface area contributed by atoms with Crippen molar-refractivity contribution in [2.75, 3.05) is 14.2 Å². The van der Waals surface area contributed by atoms with Crippen LogP contribution in [-0.4, -0.2) is 20.2 Å². The predicted octanol–water partition coefficient (Wildman–Crippen LogP) is 4.76. The molecule has 0 N–H and O–H groups in total. The molecular formula is C22H16O6S. The number of carbonyl (C=O) groups excluding carboxylic acids is 1. The highest BCUT2D eigenvalue weighted by molar-refractivity contribution is 7.12. The Bertz CT molecular complexity index is 1240. The van der Waals surface area contributed by atoms with E-state index < -0.39 is 11.6 Å². The van der Waals surface area contributed by atoms with Gasteiger partial charge in [0.25, 0.3) is 0 Å². The summed E-state index contributed by atoms with van der Waals surface area (Å²) in [6.45, 7) is 0. The maximum absolute atomic E-state index is 12.7. The zero-order valence-corrected chi connectivity index (χ0v) is 16.4. The number of benzene rings is 2. The fourth-order valence-electron chi connectivity index (χ4n) is 2.92. The number of hydrogen-bond donors (Lipinski definition) is 0. The molecule has 0 unspecified atom stereocenters. The van der Waals surface area contributed by atoms with Gasteiger partial charge >= 0.3 is 11.6 Å². The largest absolute Gasteiger partial charge is 0.497 e. The van der Waals surface area contributed by atoms with E-state index in [0.29, 0.717) is 44.2 Å². The zero-order chi connectivity index (χ0) is 20.4. The van der Waals surface area contributed by atoms with Crippen LogP contribution < -0.4 is 19.8 Å². The molecule has 4 aromatic rings. The Kier molecular flexibility index (Phi) is 5.05. The first-order valence-corrected chi connectivity index (χ1v) is 9.53. The fourth-order valence-corrected chi connectivity index (χ4v) is 3.52.